The van der Waals surface area contributed by atoms with Crippen LogP contribution in [0.15, 0.2) is 48.7 Å². The summed E-state index contributed by atoms with van der Waals surface area (Å²) in [5.41, 5.74) is 6.73. The van der Waals surface area contributed by atoms with Crippen LogP contribution in [0.1, 0.15) is 54.1 Å². The van der Waals surface area contributed by atoms with Crippen molar-refractivity contribution < 1.29 is 14.3 Å². The quantitative estimate of drug-likeness (QED) is 0.517. The minimum absolute atomic E-state index is 0.0642. The van der Waals surface area contributed by atoms with E-state index in [1.165, 1.54) is 5.69 Å². The number of amides is 1. The fourth-order valence-electron chi connectivity index (χ4n) is 4.72. The zero-order valence-corrected chi connectivity index (χ0v) is 21.6. The van der Waals surface area contributed by atoms with Gasteiger partial charge in [0.25, 0.3) is 5.91 Å². The van der Waals surface area contributed by atoms with Crippen molar-refractivity contribution >= 4 is 23.2 Å². The summed E-state index contributed by atoms with van der Waals surface area (Å²) in [7, 11) is 0. The van der Waals surface area contributed by atoms with Crippen molar-refractivity contribution in [1.29, 1.82) is 0 Å². The summed E-state index contributed by atoms with van der Waals surface area (Å²) >= 11 is 0. The Kier molecular flexibility index (Phi) is 7.96. The van der Waals surface area contributed by atoms with Gasteiger partial charge in [0.1, 0.15) is 0 Å². The number of hydrogen-bond acceptors (Lipinski definition) is 7. The highest BCUT2D eigenvalue weighted by molar-refractivity contribution is 5.94. The Morgan fingerprint density at radius 1 is 0.946 bits per heavy atom. The van der Waals surface area contributed by atoms with Crippen LogP contribution in [0, 0.1) is 0 Å². The molecule has 0 spiro atoms. The zero-order chi connectivity index (χ0) is 25.6. The van der Waals surface area contributed by atoms with Gasteiger partial charge in [-0.3, -0.25) is 4.79 Å². The van der Waals surface area contributed by atoms with E-state index >= 15 is 0 Å². The van der Waals surface area contributed by atoms with E-state index in [-0.39, 0.29) is 11.8 Å². The predicted molar refractivity (Wildman–Crippen MR) is 146 cm³/mol. The fourth-order valence-corrected chi connectivity index (χ4v) is 4.72. The molecule has 37 heavy (non-hydrogen) atoms. The van der Waals surface area contributed by atoms with E-state index in [4.69, 9.17) is 14.5 Å². The van der Waals surface area contributed by atoms with Crippen LogP contribution in [0.4, 0.5) is 17.3 Å². The highest BCUT2D eigenvalue weighted by atomic mass is 16.5. The lowest BCUT2D eigenvalue weighted by atomic mass is 9.98. The third-order valence-corrected chi connectivity index (χ3v) is 6.81. The molecule has 1 saturated heterocycles. The van der Waals surface area contributed by atoms with Gasteiger partial charge in [-0.1, -0.05) is 26.0 Å². The topological polar surface area (TPSA) is 88.6 Å². The highest BCUT2D eigenvalue weighted by Gasteiger charge is 2.17. The molecule has 8 heteroatoms. The molecule has 3 aromatic rings. The van der Waals surface area contributed by atoms with Gasteiger partial charge < -0.3 is 25.0 Å². The molecule has 2 aromatic carbocycles. The summed E-state index contributed by atoms with van der Waals surface area (Å²) in [6.45, 7) is 9.21. The molecule has 1 amide bonds. The second-order valence-electron chi connectivity index (χ2n) is 9.81. The average Bonchev–Trinajstić information content (AvgIpc) is 2.92. The number of benzene rings is 2. The van der Waals surface area contributed by atoms with Crippen LogP contribution in [-0.2, 0) is 16.1 Å². The van der Waals surface area contributed by atoms with E-state index in [0.29, 0.717) is 31.3 Å². The van der Waals surface area contributed by atoms with Gasteiger partial charge in [0.15, 0.2) is 0 Å². The molecular weight excluding hydrogens is 466 g/mol. The monoisotopic (exact) mass is 501 g/mol. The number of morpholine rings is 1. The SMILES string of the molecule is CC(C)c1cnc2nc1-c1ccc(cc1)C(=O)NCCCCOCc1cc(ccc1N1CCOCC1)N2. The van der Waals surface area contributed by atoms with Crippen LogP contribution in [0.5, 0.6) is 0 Å². The minimum atomic E-state index is -0.0642. The maximum atomic E-state index is 12.6. The lowest BCUT2D eigenvalue weighted by Crippen LogP contribution is -2.36. The van der Waals surface area contributed by atoms with Crippen LogP contribution in [-0.4, -0.2) is 55.3 Å². The third kappa shape index (κ3) is 6.09. The van der Waals surface area contributed by atoms with Crippen molar-refractivity contribution in [1.82, 2.24) is 15.3 Å². The predicted octanol–water partition coefficient (Wildman–Crippen LogP) is 4.89. The summed E-state index contributed by atoms with van der Waals surface area (Å²) in [4.78, 5) is 24.5. The summed E-state index contributed by atoms with van der Waals surface area (Å²) in [6, 6.07) is 14.0. The Hall–Kier alpha value is -3.49. The summed E-state index contributed by atoms with van der Waals surface area (Å²) in [5.74, 6) is 0.723. The molecular formula is C29H35N5O3. The standard InChI is InChI=1S/C29H35N5O3/c1-20(2)25-18-31-29-32-24-9-10-26(34-12-15-36-16-13-34)23(17-24)19-37-14-4-3-11-30-28(35)22-7-5-21(6-8-22)27(25)33-29/h5-10,17-18,20H,3-4,11-16,19H2,1-2H3,(H,30,35)(H,31,32,33). The number of hydrogen-bond donors (Lipinski definition) is 2. The number of nitrogens with one attached hydrogen (secondary N) is 2. The molecule has 0 saturated carbocycles. The van der Waals surface area contributed by atoms with Crippen molar-refractivity contribution in [2.24, 2.45) is 0 Å². The van der Waals surface area contributed by atoms with Gasteiger partial charge in [-0.05, 0) is 54.7 Å². The molecule has 1 aromatic heterocycles. The molecule has 0 unspecified atom stereocenters. The average molecular weight is 502 g/mol. The first kappa shape index (κ1) is 25.2. The van der Waals surface area contributed by atoms with E-state index in [2.05, 4.69) is 52.6 Å². The molecule has 1 fully saturated rings. The van der Waals surface area contributed by atoms with Gasteiger partial charge in [0.05, 0.1) is 25.5 Å². The van der Waals surface area contributed by atoms with Crippen LogP contribution >= 0.6 is 0 Å². The van der Waals surface area contributed by atoms with Crippen LogP contribution in [0.25, 0.3) is 11.3 Å². The lowest BCUT2D eigenvalue weighted by molar-refractivity contribution is 0.0946. The first-order chi connectivity index (χ1) is 18.1. The molecule has 4 heterocycles. The maximum absolute atomic E-state index is 12.6. The van der Waals surface area contributed by atoms with Crippen LogP contribution < -0.4 is 15.5 Å². The van der Waals surface area contributed by atoms with Crippen molar-refractivity contribution in [3.63, 3.8) is 0 Å². The third-order valence-electron chi connectivity index (χ3n) is 6.81. The molecule has 0 aliphatic carbocycles. The molecule has 6 rings (SSSR count). The van der Waals surface area contributed by atoms with E-state index < -0.39 is 0 Å². The van der Waals surface area contributed by atoms with Gasteiger partial charge in [-0.15, -0.1) is 0 Å². The number of rotatable bonds is 2. The van der Waals surface area contributed by atoms with Crippen molar-refractivity contribution in [3.05, 3.63) is 65.4 Å². The molecule has 194 valence electrons. The van der Waals surface area contributed by atoms with E-state index in [1.54, 1.807) is 0 Å². The van der Waals surface area contributed by atoms with Crippen LogP contribution in [0.3, 0.4) is 0 Å². The number of carbonyl (C=O) groups is 1. The molecule has 6 bridgehead atoms. The normalized spacial score (nSPS) is 16.9. The van der Waals surface area contributed by atoms with E-state index in [0.717, 1.165) is 67.2 Å². The number of ether oxygens (including phenoxy) is 2. The van der Waals surface area contributed by atoms with Crippen molar-refractivity contribution in [2.45, 2.75) is 39.2 Å². The maximum Gasteiger partial charge on any atom is 0.251 e. The van der Waals surface area contributed by atoms with Gasteiger partial charge in [0.2, 0.25) is 5.95 Å². The minimum Gasteiger partial charge on any atom is -0.378 e. The Morgan fingerprint density at radius 3 is 2.51 bits per heavy atom. The Morgan fingerprint density at radius 2 is 1.73 bits per heavy atom. The summed E-state index contributed by atoms with van der Waals surface area (Å²) in [6.07, 6.45) is 3.63. The molecule has 0 radical (unpaired) electrons. The number of nitrogens with zero attached hydrogens (tertiary/aromatic N) is 3. The first-order valence-corrected chi connectivity index (χ1v) is 13.1. The Balaban J connectivity index is 1.51. The largest absolute Gasteiger partial charge is 0.378 e. The molecule has 8 nitrogen and oxygen atoms in total. The van der Waals surface area contributed by atoms with E-state index in [1.807, 2.05) is 30.5 Å². The summed E-state index contributed by atoms with van der Waals surface area (Å²) in [5, 5.41) is 6.42. The van der Waals surface area contributed by atoms with Gasteiger partial charge in [-0.25, -0.2) is 9.97 Å². The van der Waals surface area contributed by atoms with Crippen molar-refractivity contribution in [3.8, 4) is 11.3 Å². The van der Waals surface area contributed by atoms with Gasteiger partial charge in [0, 0.05) is 60.5 Å². The lowest BCUT2D eigenvalue weighted by Gasteiger charge is -2.31. The number of carbonyl (C=O) groups excluding carboxylic acids is 1. The van der Waals surface area contributed by atoms with E-state index in [9.17, 15) is 4.79 Å². The van der Waals surface area contributed by atoms with Crippen molar-refractivity contribution in [2.75, 3.05) is 49.7 Å². The Labute approximate surface area is 218 Å². The van der Waals surface area contributed by atoms with Crippen LogP contribution in [0.2, 0.25) is 0 Å². The van der Waals surface area contributed by atoms with Gasteiger partial charge in [-0.2, -0.15) is 0 Å². The second kappa shape index (κ2) is 11.7. The number of fused-ring (bicyclic) bond motifs is 9. The number of aromatic nitrogens is 2. The first-order valence-electron chi connectivity index (χ1n) is 13.1. The molecule has 2 N–H and O–H groups in total. The van der Waals surface area contributed by atoms with Gasteiger partial charge >= 0.3 is 0 Å². The molecule has 0 atom stereocenters. The summed E-state index contributed by atoms with van der Waals surface area (Å²) < 4.78 is 11.6. The Bertz CT molecular complexity index is 1220. The molecule has 3 aliphatic heterocycles. The smallest absolute Gasteiger partial charge is 0.251 e. The molecule has 3 aliphatic rings. The second-order valence-corrected chi connectivity index (χ2v) is 9.81. The number of anilines is 3. The zero-order valence-electron chi connectivity index (χ0n) is 21.6. The highest BCUT2D eigenvalue weighted by Crippen LogP contribution is 2.31. The fraction of sp³-hybridized carbons (Fsp3) is 0.414.